The monoisotopic (exact) mass is 1290 g/mol. The molecule has 88 heavy (non-hydrogen) atoms. The molecule has 3 spiro atoms. The van der Waals surface area contributed by atoms with Crippen molar-refractivity contribution < 1.29 is 27.4 Å². The summed E-state index contributed by atoms with van der Waals surface area (Å²) < 4.78 is 63.7. The molecular weight excluding hydrogens is 1230 g/mol. The molecule has 2 unspecified atom stereocenters. The number of nitrogens with zero attached hydrogens (tertiary/aromatic N) is 7. The molecule has 15 heterocycles. The molecule has 5 N–H and O–H groups in total. The Kier molecular flexibility index (Phi) is 14.9. The second-order valence-electron chi connectivity index (χ2n) is 23.6. The number of anilines is 6. The van der Waals surface area contributed by atoms with E-state index in [2.05, 4.69) is 86.6 Å². The summed E-state index contributed by atoms with van der Waals surface area (Å²) in [7, 11) is 2.21. The van der Waals surface area contributed by atoms with Crippen LogP contribution in [0.25, 0.3) is 61.3 Å². The third-order valence-corrected chi connectivity index (χ3v) is 24.8. The Bertz CT molecular complexity index is 4380. The van der Waals surface area contributed by atoms with Crippen LogP contribution in [0.2, 0.25) is 0 Å². The number of ether oxygens (including phenoxy) is 3. The molecule has 18 rings (SSSR count). The number of likely N-dealkylation sites (N-methyl/N-ethyl adjacent to an activating group) is 1. The summed E-state index contributed by atoms with van der Waals surface area (Å²) in [5.74, 6) is 0.487. The van der Waals surface area contributed by atoms with Gasteiger partial charge in [0.2, 0.25) is 0 Å². The summed E-state index contributed by atoms with van der Waals surface area (Å²) in [6.45, 7) is 7.90. The number of hydrogen-bond donors (Lipinski definition) is 5. The van der Waals surface area contributed by atoms with Crippen molar-refractivity contribution in [3.8, 4) is 0 Å². The maximum atomic E-state index is 14.7. The number of halogens is 3. The zero-order chi connectivity index (χ0) is 59.1. The smallest absolute Gasteiger partial charge is 0.148 e. The lowest BCUT2D eigenvalue weighted by molar-refractivity contribution is 0.111. The van der Waals surface area contributed by atoms with Gasteiger partial charge in [-0.05, 0) is 138 Å². The first-order chi connectivity index (χ1) is 43.1. The first-order valence-corrected chi connectivity index (χ1v) is 34.7. The van der Waals surface area contributed by atoms with Crippen LogP contribution in [0.15, 0.2) is 108 Å². The summed E-state index contributed by atoms with van der Waals surface area (Å²) in [6.07, 6.45) is 11.9. The number of nitrogens with one attached hydrogen (secondary N) is 5. The highest BCUT2D eigenvalue weighted by molar-refractivity contribution is 7.20. The van der Waals surface area contributed by atoms with E-state index in [0.717, 1.165) is 176 Å². The van der Waals surface area contributed by atoms with Gasteiger partial charge in [0.05, 0.1) is 118 Å². The van der Waals surface area contributed by atoms with Crippen molar-refractivity contribution in [3.05, 3.63) is 140 Å². The highest BCUT2D eigenvalue weighted by atomic mass is 32.1. The highest BCUT2D eigenvalue weighted by Gasteiger charge is 2.51. The van der Waals surface area contributed by atoms with Gasteiger partial charge in [-0.3, -0.25) is 4.90 Å². The minimum Gasteiger partial charge on any atom is -0.379 e. The minimum absolute atomic E-state index is 0.0518. The van der Waals surface area contributed by atoms with Crippen molar-refractivity contribution in [1.29, 1.82) is 0 Å². The predicted octanol–water partition coefficient (Wildman–Crippen LogP) is 15.4. The third-order valence-electron chi connectivity index (χ3n) is 18.9. The lowest BCUT2D eigenvalue weighted by atomic mass is 9.83. The van der Waals surface area contributed by atoms with E-state index in [-0.39, 0.29) is 34.1 Å². The van der Waals surface area contributed by atoms with Gasteiger partial charge in [-0.15, -0.1) is 68.0 Å². The van der Waals surface area contributed by atoms with Gasteiger partial charge >= 0.3 is 0 Å². The molecule has 24 heteroatoms. The van der Waals surface area contributed by atoms with Gasteiger partial charge in [0.1, 0.15) is 31.9 Å². The summed E-state index contributed by atoms with van der Waals surface area (Å²) in [5, 5.41) is 20.3. The molecular formula is C64H59F3N12O3S6. The normalized spacial score (nSPS) is 24.3. The van der Waals surface area contributed by atoms with Crippen molar-refractivity contribution in [2.75, 3.05) is 82.3 Å². The topological polar surface area (TPSA) is 168 Å². The molecule has 6 fully saturated rings. The fourth-order valence-corrected chi connectivity index (χ4v) is 20.1. The molecule has 12 aromatic rings. The van der Waals surface area contributed by atoms with Gasteiger partial charge < -0.3 is 40.8 Å². The molecule has 15 nitrogen and oxygen atoms in total. The molecule has 450 valence electrons. The largest absolute Gasteiger partial charge is 0.379 e. The number of aromatic nitrogens is 6. The number of thiophene rings is 3. The standard InChI is InChI=1S/C22H21FN4OS2.2C21H19FN4OS2/c1-27-6-3-14(22(27)4-7-28-11-22)19-8-13-16(2-5-24-21(13)30-19)26-17-10-18-20(9-15(17)23)29-12-25-18;2*22-14-8-19-17(24-11-28-19)9-16(14)26-15-2-4-23-20-12(15)7-18(29-20)13-1-5-25-21(13)3-6-27-10-21/h2,5,8-10,12,14H,3-4,6-7,11H2,1H3,(H,24,26);2*2,4,7-9,11,13,25H,1,3,5-6,10H2,(H,23,26)/t14-,22+;13-,21+;/m10./s1. The number of fused-ring (bicyclic) bond motifs is 6. The van der Waals surface area contributed by atoms with Gasteiger partial charge in [0, 0.05) is 87.0 Å². The van der Waals surface area contributed by atoms with E-state index in [1.165, 1.54) is 48.6 Å². The van der Waals surface area contributed by atoms with E-state index in [0.29, 0.717) is 34.8 Å². The third kappa shape index (κ3) is 10.2. The first kappa shape index (κ1) is 56.8. The zero-order valence-corrected chi connectivity index (χ0v) is 52.6. The molecule has 6 aliphatic heterocycles. The van der Waals surface area contributed by atoms with Crippen LogP contribution in [0.3, 0.4) is 0 Å². The first-order valence-electron chi connectivity index (χ1n) is 29.6. The Morgan fingerprint density at radius 2 is 0.875 bits per heavy atom. The average Bonchev–Trinajstić information content (AvgIpc) is 1.91. The van der Waals surface area contributed by atoms with Gasteiger partial charge in [-0.2, -0.15) is 0 Å². The maximum absolute atomic E-state index is 14.7. The second kappa shape index (κ2) is 23.1. The van der Waals surface area contributed by atoms with Crippen LogP contribution in [-0.2, 0) is 14.2 Å². The van der Waals surface area contributed by atoms with Crippen molar-refractivity contribution >= 4 is 163 Å². The quantitative estimate of drug-likeness (QED) is 0.0925. The van der Waals surface area contributed by atoms with Crippen molar-refractivity contribution in [3.63, 3.8) is 0 Å². The zero-order valence-electron chi connectivity index (χ0n) is 47.7. The van der Waals surface area contributed by atoms with E-state index < -0.39 is 0 Å². The van der Waals surface area contributed by atoms with Crippen LogP contribution in [0, 0.1) is 17.5 Å². The highest BCUT2D eigenvalue weighted by Crippen LogP contribution is 2.51. The Morgan fingerprint density at radius 1 is 0.477 bits per heavy atom. The van der Waals surface area contributed by atoms with Crippen molar-refractivity contribution in [1.82, 2.24) is 45.4 Å². The van der Waals surface area contributed by atoms with Crippen LogP contribution in [-0.4, -0.2) is 118 Å². The van der Waals surface area contributed by atoms with Crippen molar-refractivity contribution in [2.24, 2.45) is 0 Å². The van der Waals surface area contributed by atoms with Gasteiger partial charge in [-0.1, -0.05) is 0 Å². The van der Waals surface area contributed by atoms with Crippen LogP contribution in [0.5, 0.6) is 0 Å². The fraction of sp³-hybridized carbons (Fsp3) is 0.344. The molecule has 0 amide bonds. The molecule has 0 radical (unpaired) electrons. The molecule has 6 atom stereocenters. The van der Waals surface area contributed by atoms with Crippen LogP contribution < -0.4 is 26.6 Å². The molecule has 0 aliphatic carbocycles. The van der Waals surface area contributed by atoms with Gasteiger partial charge in [0.25, 0.3) is 0 Å². The summed E-state index contributed by atoms with van der Waals surface area (Å²) in [4.78, 5) is 36.1. The van der Waals surface area contributed by atoms with Gasteiger partial charge in [0.15, 0.2) is 0 Å². The number of benzene rings is 3. The Labute approximate surface area is 527 Å². The molecule has 3 aromatic carbocycles. The molecule has 0 bridgehead atoms. The van der Waals surface area contributed by atoms with E-state index in [9.17, 15) is 13.2 Å². The number of hydrogen-bond acceptors (Lipinski definition) is 21. The average molecular weight is 1290 g/mol. The lowest BCUT2D eigenvalue weighted by Gasteiger charge is -2.35. The second-order valence-corrected chi connectivity index (χ2v) is 29.5. The molecule has 0 saturated carbocycles. The van der Waals surface area contributed by atoms with E-state index in [4.69, 9.17) is 14.2 Å². The number of pyridine rings is 3. The predicted molar refractivity (Wildman–Crippen MR) is 353 cm³/mol. The summed E-state index contributed by atoms with van der Waals surface area (Å²) in [5.41, 5.74) is 11.7. The Hall–Kier alpha value is -6.39. The number of likely N-dealkylation sites (tertiary alicyclic amines) is 1. The Balaban J connectivity index is 0.000000106. The van der Waals surface area contributed by atoms with Crippen LogP contribution in [0.1, 0.15) is 70.9 Å². The van der Waals surface area contributed by atoms with Crippen LogP contribution in [0.4, 0.5) is 47.3 Å². The minimum atomic E-state index is -0.274. The van der Waals surface area contributed by atoms with Gasteiger partial charge in [-0.25, -0.2) is 43.1 Å². The Morgan fingerprint density at radius 3 is 1.26 bits per heavy atom. The van der Waals surface area contributed by atoms with E-state index >= 15 is 0 Å². The summed E-state index contributed by atoms with van der Waals surface area (Å²) in [6, 6.07) is 22.4. The summed E-state index contributed by atoms with van der Waals surface area (Å²) >= 11 is 9.56. The number of rotatable bonds is 9. The lowest BCUT2D eigenvalue weighted by Crippen LogP contribution is -2.45. The fourth-order valence-electron chi connectivity index (χ4n) is 14.3. The molecule has 6 aliphatic rings. The van der Waals surface area contributed by atoms with E-state index in [1.807, 2.05) is 18.2 Å². The van der Waals surface area contributed by atoms with Crippen LogP contribution >= 0.6 is 68.0 Å². The molecule has 6 saturated heterocycles. The van der Waals surface area contributed by atoms with E-state index in [1.54, 1.807) is 106 Å². The SMILES string of the molecule is CN1CC[C@H](c2cc3c(Nc4cc5ncsc5cc4F)ccnc3s2)[C@@]12CCOC2.Fc1cc2scnc2cc1Nc1ccnc2sc(C3CCNC34CCOC4)cc12.Fc1cc2scnc2cc1Nc1ccnc2sc([C@@H]3CCN[C@@]34CCOC4)cc12. The van der Waals surface area contributed by atoms with Crippen molar-refractivity contribution in [2.45, 2.75) is 72.9 Å². The maximum Gasteiger partial charge on any atom is 0.148 e. The number of thiazole rings is 3. The molecule has 9 aromatic heterocycles.